The number of hydrogen-bond donors (Lipinski definition) is 1. The van der Waals surface area contributed by atoms with Crippen LogP contribution in [-0.2, 0) is 24.5 Å². The van der Waals surface area contributed by atoms with E-state index in [0.717, 1.165) is 11.1 Å². The second-order valence-electron chi connectivity index (χ2n) is 5.07. The second-order valence-corrected chi connectivity index (χ2v) is 5.07. The second kappa shape index (κ2) is 5.49. The molecular weight excluding hydrogens is 270 g/mol. The van der Waals surface area contributed by atoms with Crippen LogP contribution in [-0.4, -0.2) is 9.91 Å². The van der Waals surface area contributed by atoms with Gasteiger partial charge in [-0.1, -0.05) is 18.2 Å². The Kier molecular flexibility index (Phi) is 3.53. The highest BCUT2D eigenvalue weighted by atomic mass is 16.6. The molecule has 2 aromatic rings. The molecule has 3 rings (SSSR count). The van der Waals surface area contributed by atoms with Gasteiger partial charge in [-0.2, -0.15) is 0 Å². The maximum absolute atomic E-state index is 10.7. The topological polar surface area (TPSA) is 77.3 Å². The molecule has 1 aromatic heterocycles. The van der Waals surface area contributed by atoms with Gasteiger partial charge in [-0.05, 0) is 29.2 Å². The van der Waals surface area contributed by atoms with Gasteiger partial charge in [0, 0.05) is 12.6 Å². The van der Waals surface area contributed by atoms with E-state index in [0.29, 0.717) is 25.6 Å². The van der Waals surface area contributed by atoms with Crippen LogP contribution >= 0.6 is 0 Å². The lowest BCUT2D eigenvalue weighted by atomic mass is 10.1. The summed E-state index contributed by atoms with van der Waals surface area (Å²) in [7, 11) is 0. The molecule has 0 unspecified atom stereocenters. The summed E-state index contributed by atoms with van der Waals surface area (Å²) < 4.78 is 5.39. The molecule has 108 valence electrons. The summed E-state index contributed by atoms with van der Waals surface area (Å²) in [4.78, 5) is 14.4. The summed E-state index contributed by atoms with van der Waals surface area (Å²) in [5, 5.41) is 13.9. The van der Waals surface area contributed by atoms with Gasteiger partial charge in [-0.3, -0.25) is 10.1 Å². The number of benzene rings is 1. The van der Waals surface area contributed by atoms with Gasteiger partial charge in [0.25, 0.3) is 5.69 Å². The van der Waals surface area contributed by atoms with E-state index in [-0.39, 0.29) is 5.69 Å². The van der Waals surface area contributed by atoms with E-state index in [4.69, 9.17) is 4.74 Å². The van der Waals surface area contributed by atoms with Crippen molar-refractivity contribution < 1.29 is 9.66 Å². The van der Waals surface area contributed by atoms with Crippen molar-refractivity contribution in [3.8, 4) is 0 Å². The van der Waals surface area contributed by atoms with Crippen LogP contribution in [0.5, 0.6) is 0 Å². The molecule has 1 aliphatic heterocycles. The molecule has 21 heavy (non-hydrogen) atoms. The molecule has 1 aromatic carbocycles. The number of nitrogens with zero attached hydrogens (tertiary/aromatic N) is 2. The highest BCUT2D eigenvalue weighted by Crippen LogP contribution is 2.22. The Balaban J connectivity index is 1.71. The van der Waals surface area contributed by atoms with Gasteiger partial charge in [-0.15, -0.1) is 0 Å². The van der Waals surface area contributed by atoms with Gasteiger partial charge in [0.2, 0.25) is 0 Å². The maximum atomic E-state index is 10.7. The molecule has 0 amide bonds. The summed E-state index contributed by atoms with van der Waals surface area (Å²) in [5.41, 5.74) is 4.37. The zero-order chi connectivity index (χ0) is 14.8. The first-order chi connectivity index (χ1) is 10.1. The van der Waals surface area contributed by atoms with Crippen LogP contribution < -0.4 is 5.32 Å². The zero-order valence-electron chi connectivity index (χ0n) is 11.6. The quantitative estimate of drug-likeness (QED) is 0.690. The SMILES string of the molecule is Cc1cc([N+](=O)[O-])cnc1NCc1ccc2c(c1)COC2. The standard InChI is InChI=1S/C15H15N3O3/c1-10-4-14(18(19)20)7-17-15(10)16-6-11-2-3-12-8-21-9-13(12)5-11/h2-5,7H,6,8-9H2,1H3,(H,16,17). The number of nitro groups is 1. The Hall–Kier alpha value is -2.47. The number of aryl methyl sites for hydroxylation is 1. The monoisotopic (exact) mass is 285 g/mol. The van der Waals surface area contributed by atoms with Crippen molar-refractivity contribution in [3.63, 3.8) is 0 Å². The number of fused-ring (bicyclic) bond motifs is 1. The van der Waals surface area contributed by atoms with Crippen molar-refractivity contribution in [2.24, 2.45) is 0 Å². The molecular formula is C15H15N3O3. The summed E-state index contributed by atoms with van der Waals surface area (Å²) in [6.07, 6.45) is 1.27. The molecule has 0 radical (unpaired) electrons. The van der Waals surface area contributed by atoms with E-state index in [1.807, 2.05) is 0 Å². The first-order valence-corrected chi connectivity index (χ1v) is 6.67. The van der Waals surface area contributed by atoms with Gasteiger partial charge in [0.05, 0.1) is 18.1 Å². The smallest absolute Gasteiger partial charge is 0.287 e. The predicted molar refractivity (Wildman–Crippen MR) is 77.9 cm³/mol. The van der Waals surface area contributed by atoms with Crippen LogP contribution in [0, 0.1) is 17.0 Å². The number of hydrogen-bond acceptors (Lipinski definition) is 5. The zero-order valence-corrected chi connectivity index (χ0v) is 11.6. The van der Waals surface area contributed by atoms with Crippen LogP contribution in [0.4, 0.5) is 11.5 Å². The van der Waals surface area contributed by atoms with Crippen LogP contribution in [0.1, 0.15) is 22.3 Å². The lowest BCUT2D eigenvalue weighted by Crippen LogP contribution is -2.04. The Morgan fingerprint density at radius 1 is 1.33 bits per heavy atom. The molecule has 2 heterocycles. The van der Waals surface area contributed by atoms with E-state index in [1.54, 1.807) is 6.92 Å². The van der Waals surface area contributed by atoms with Gasteiger partial charge in [0.15, 0.2) is 0 Å². The summed E-state index contributed by atoms with van der Waals surface area (Å²) in [6, 6.07) is 7.78. The van der Waals surface area contributed by atoms with E-state index in [9.17, 15) is 10.1 Å². The van der Waals surface area contributed by atoms with Crippen molar-refractivity contribution >= 4 is 11.5 Å². The van der Waals surface area contributed by atoms with Gasteiger partial charge in [-0.25, -0.2) is 4.98 Å². The van der Waals surface area contributed by atoms with Crippen LogP contribution in [0.15, 0.2) is 30.5 Å². The van der Waals surface area contributed by atoms with Crippen molar-refractivity contribution in [2.75, 3.05) is 5.32 Å². The van der Waals surface area contributed by atoms with Gasteiger partial charge in [0.1, 0.15) is 12.0 Å². The number of rotatable bonds is 4. The van der Waals surface area contributed by atoms with Gasteiger partial charge < -0.3 is 10.1 Å². The first kappa shape index (κ1) is 13.5. The minimum absolute atomic E-state index is 0.00716. The summed E-state index contributed by atoms with van der Waals surface area (Å²) >= 11 is 0. The van der Waals surface area contributed by atoms with E-state index in [2.05, 4.69) is 28.5 Å². The fourth-order valence-electron chi connectivity index (χ4n) is 2.37. The molecule has 1 N–H and O–H groups in total. The molecule has 0 atom stereocenters. The summed E-state index contributed by atoms with van der Waals surface area (Å²) in [6.45, 7) is 3.78. The Morgan fingerprint density at radius 3 is 2.90 bits per heavy atom. The largest absolute Gasteiger partial charge is 0.372 e. The molecule has 6 heteroatoms. The van der Waals surface area contributed by atoms with Crippen LogP contribution in [0.3, 0.4) is 0 Å². The minimum atomic E-state index is -0.440. The Morgan fingerprint density at radius 2 is 2.14 bits per heavy atom. The number of anilines is 1. The van der Waals surface area contributed by atoms with Crippen molar-refractivity contribution in [3.05, 3.63) is 62.8 Å². The highest BCUT2D eigenvalue weighted by molar-refractivity contribution is 5.48. The molecule has 0 bridgehead atoms. The van der Waals surface area contributed by atoms with Crippen molar-refractivity contribution in [1.82, 2.24) is 4.98 Å². The first-order valence-electron chi connectivity index (χ1n) is 6.67. The maximum Gasteiger partial charge on any atom is 0.287 e. The lowest BCUT2D eigenvalue weighted by molar-refractivity contribution is -0.385. The molecule has 1 aliphatic rings. The molecule has 0 saturated carbocycles. The fraction of sp³-hybridized carbons (Fsp3) is 0.267. The highest BCUT2D eigenvalue weighted by Gasteiger charge is 2.12. The third-order valence-corrected chi connectivity index (χ3v) is 3.52. The molecule has 0 saturated heterocycles. The van der Waals surface area contributed by atoms with Crippen LogP contribution in [0.2, 0.25) is 0 Å². The number of nitrogens with one attached hydrogen (secondary N) is 1. The van der Waals surface area contributed by atoms with Crippen molar-refractivity contribution in [1.29, 1.82) is 0 Å². The normalized spacial score (nSPS) is 13.0. The molecule has 0 spiro atoms. The Labute approximate surface area is 121 Å². The predicted octanol–water partition coefficient (Wildman–Crippen LogP) is 2.94. The van der Waals surface area contributed by atoms with E-state index in [1.165, 1.54) is 23.4 Å². The minimum Gasteiger partial charge on any atom is -0.372 e. The van der Waals surface area contributed by atoms with Crippen molar-refractivity contribution in [2.45, 2.75) is 26.7 Å². The van der Waals surface area contributed by atoms with E-state index >= 15 is 0 Å². The number of aromatic nitrogens is 1. The number of pyridine rings is 1. The third-order valence-electron chi connectivity index (χ3n) is 3.52. The molecule has 0 aliphatic carbocycles. The molecule has 6 nitrogen and oxygen atoms in total. The average Bonchev–Trinajstić information content (AvgIpc) is 2.93. The van der Waals surface area contributed by atoms with Gasteiger partial charge >= 0.3 is 0 Å². The molecule has 0 fully saturated rings. The average molecular weight is 285 g/mol. The third kappa shape index (κ3) is 2.85. The van der Waals surface area contributed by atoms with E-state index < -0.39 is 4.92 Å². The van der Waals surface area contributed by atoms with Crippen LogP contribution in [0.25, 0.3) is 0 Å². The fourth-order valence-corrected chi connectivity index (χ4v) is 2.37. The lowest BCUT2D eigenvalue weighted by Gasteiger charge is -2.09. The number of ether oxygens (including phenoxy) is 1. The Bertz CT molecular complexity index is 701. The summed E-state index contributed by atoms with van der Waals surface area (Å²) in [5.74, 6) is 0.664.